The molecule has 10 amide bonds. The zero-order valence-electron chi connectivity index (χ0n) is 80.1. The van der Waals surface area contributed by atoms with Crippen LogP contribution < -0.4 is 31.9 Å². The first-order chi connectivity index (χ1) is 61.6. The second kappa shape index (κ2) is 52.5. The van der Waals surface area contributed by atoms with Crippen LogP contribution in [0, 0.1) is 72.0 Å². The van der Waals surface area contributed by atoms with Crippen molar-refractivity contribution in [3.05, 3.63) is 79.7 Å². The summed E-state index contributed by atoms with van der Waals surface area (Å²) in [6.07, 6.45) is 8.38. The van der Waals surface area contributed by atoms with Gasteiger partial charge >= 0.3 is 35.7 Å². The van der Waals surface area contributed by atoms with Gasteiger partial charge in [0.15, 0.2) is 23.8 Å². The lowest BCUT2D eigenvalue weighted by Crippen LogP contribution is -2.51. The number of carbonyl (C=O) groups excluding carboxylic acids is 14. The Labute approximate surface area is 782 Å². The molecule has 36 nitrogen and oxygen atoms in total. The molecule has 2 heterocycles. The Morgan fingerprint density at radius 2 is 0.826 bits per heavy atom. The van der Waals surface area contributed by atoms with E-state index in [0.717, 1.165) is 22.7 Å². The van der Waals surface area contributed by atoms with E-state index in [4.69, 9.17) is 22.3 Å². The molecular weight excluding hydrogens is 1740 g/mol. The summed E-state index contributed by atoms with van der Waals surface area (Å²) in [5, 5.41) is 62.4. The number of hydrogen-bond donors (Lipinski definition) is 10. The number of esters is 2. The average molecular weight is 1880 g/mol. The third-order valence-electron chi connectivity index (χ3n) is 24.4. The highest BCUT2D eigenvalue weighted by atomic mass is 32.1. The first kappa shape index (κ1) is 113. The molecule has 0 aliphatic rings. The number of carbonyl (C=O) groups is 16. The van der Waals surface area contributed by atoms with Crippen molar-refractivity contribution in [3.8, 4) is 36.2 Å². The summed E-state index contributed by atoms with van der Waals surface area (Å²) < 4.78 is 11.6. The van der Waals surface area contributed by atoms with Crippen LogP contribution >= 0.6 is 22.7 Å². The summed E-state index contributed by atoms with van der Waals surface area (Å²) in [6, 6.07) is 5.58. The molecule has 0 saturated heterocycles. The third kappa shape index (κ3) is 34.1. The fraction of sp³-hybridized carbons (Fsp3) is 0.596. The van der Waals surface area contributed by atoms with Gasteiger partial charge in [0.2, 0.25) is 35.4 Å². The van der Waals surface area contributed by atoms with Crippen LogP contribution in [0.4, 0.5) is 11.4 Å². The van der Waals surface area contributed by atoms with Gasteiger partial charge in [-0.15, -0.1) is 35.5 Å². The number of benzene rings is 2. The Bertz CT molecular complexity index is 4520. The molecule has 4 rings (SSSR count). The smallest absolute Gasteiger partial charge is 0.316 e. The average Bonchev–Trinajstić information content (AvgIpc) is 1.42. The lowest BCUT2D eigenvalue weighted by atomic mass is 9.81. The minimum atomic E-state index is -1.15. The van der Waals surface area contributed by atoms with Crippen molar-refractivity contribution in [1.82, 2.24) is 60.9 Å². The Kier molecular flexibility index (Phi) is 44.8. The number of phenols is 2. The zero-order valence-corrected chi connectivity index (χ0v) is 81.7. The van der Waals surface area contributed by atoms with Crippen molar-refractivity contribution in [2.24, 2.45) is 47.3 Å². The number of ether oxygens (including phenoxy) is 2. The third-order valence-corrected chi connectivity index (χ3v) is 26.3. The Balaban J connectivity index is 1.38. The van der Waals surface area contributed by atoms with Crippen LogP contribution in [0.15, 0.2) is 47.2 Å². The number of thiazole rings is 2. The summed E-state index contributed by atoms with van der Waals surface area (Å²) >= 11 is 2.08. The number of likely N-dealkylation sites (N-methyl/N-ethyl adjacent to an activating group) is 2. The van der Waals surface area contributed by atoms with Crippen molar-refractivity contribution in [2.75, 3.05) is 79.1 Å². The molecule has 0 saturated carbocycles. The zero-order chi connectivity index (χ0) is 99.8. The number of nitrogens with one attached hydrogen (secondary N) is 6. The van der Waals surface area contributed by atoms with Crippen molar-refractivity contribution < 1.29 is 107 Å². The van der Waals surface area contributed by atoms with Crippen LogP contribution in [0.2, 0.25) is 0 Å². The van der Waals surface area contributed by atoms with Gasteiger partial charge in [-0.3, -0.25) is 86.5 Å². The number of aliphatic carboxylic acids is 2. The Morgan fingerprint density at radius 1 is 0.492 bits per heavy atom. The molecule has 2 unspecified atom stereocenters. The van der Waals surface area contributed by atoms with Crippen LogP contribution in [0.25, 0.3) is 0 Å². The van der Waals surface area contributed by atoms with Crippen LogP contribution in [-0.2, 0) is 89.4 Å². The number of aromatic hydroxyl groups is 2. The van der Waals surface area contributed by atoms with Gasteiger partial charge in [-0.05, 0) is 152 Å². The molecule has 0 aliphatic carbocycles. The second-order valence-corrected chi connectivity index (χ2v) is 37.6. The minimum Gasteiger partial charge on any atom is -0.506 e. The normalized spacial score (nSPS) is 14.3. The Morgan fingerprint density at radius 3 is 1.11 bits per heavy atom. The molecule has 726 valence electrons. The summed E-state index contributed by atoms with van der Waals surface area (Å²) in [7, 11) is 10.5. The van der Waals surface area contributed by atoms with Gasteiger partial charge in [-0.25, -0.2) is 20.0 Å². The largest absolute Gasteiger partial charge is 0.506 e. The number of phenolic OH excluding ortho intramolecular Hbond substituents is 2. The molecule has 12 atom stereocenters. The molecule has 132 heavy (non-hydrogen) atoms. The first-order valence-corrected chi connectivity index (χ1v) is 46.0. The number of nitrogens with zero attached hydrogens (tertiary/aromatic N) is 8. The predicted molar refractivity (Wildman–Crippen MR) is 498 cm³/mol. The lowest BCUT2D eigenvalue weighted by Gasteiger charge is -2.38. The van der Waals surface area contributed by atoms with Gasteiger partial charge in [0.1, 0.15) is 32.9 Å². The van der Waals surface area contributed by atoms with E-state index in [1.807, 2.05) is 105 Å². The number of rotatable bonds is 54. The molecule has 4 aromatic rings. The first-order valence-electron chi connectivity index (χ1n) is 44.2. The number of carboxylic acid groups (broad SMARTS) is 2. The molecule has 0 spiro atoms. The topological polar surface area (TPSA) is 490 Å². The molecular formula is C94H136N14O22S2. The minimum absolute atomic E-state index is 0.0145. The highest BCUT2D eigenvalue weighted by Crippen LogP contribution is 2.37. The van der Waals surface area contributed by atoms with Gasteiger partial charge in [0, 0.05) is 139 Å². The van der Waals surface area contributed by atoms with E-state index < -0.39 is 168 Å². The van der Waals surface area contributed by atoms with Crippen LogP contribution in [-0.4, -0.2) is 258 Å². The number of hydrazine groups is 1. The van der Waals surface area contributed by atoms with Gasteiger partial charge in [0.05, 0.1) is 47.4 Å². The van der Waals surface area contributed by atoms with Gasteiger partial charge in [-0.1, -0.05) is 94.2 Å². The molecule has 38 heteroatoms. The molecule has 0 fully saturated rings. The van der Waals surface area contributed by atoms with Crippen molar-refractivity contribution in [1.29, 1.82) is 0 Å². The fourth-order valence-corrected chi connectivity index (χ4v) is 16.2. The highest BCUT2D eigenvalue weighted by Gasteiger charge is 2.43. The summed E-state index contributed by atoms with van der Waals surface area (Å²) in [6.45, 7) is 26.3. The molecule has 2 aromatic heterocycles. The number of ketones is 2. The maximum atomic E-state index is 14.5. The quantitative estimate of drug-likeness (QED) is 0.00852. The summed E-state index contributed by atoms with van der Waals surface area (Å²) in [4.78, 5) is 230. The van der Waals surface area contributed by atoms with E-state index in [1.54, 1.807) is 52.1 Å². The monoisotopic (exact) mass is 1880 g/mol. The summed E-state index contributed by atoms with van der Waals surface area (Å²) in [5.74, 6) is -11.7. The van der Waals surface area contributed by atoms with Gasteiger partial charge in [-0.2, -0.15) is 0 Å². The van der Waals surface area contributed by atoms with Crippen molar-refractivity contribution >= 4 is 129 Å². The molecule has 0 bridgehead atoms. The number of anilines is 2. The SMILES string of the molecule is C#CC(=O)N(CCC(=O)NCCC(=O)Nc1cc(C[C@@H](CC(C)C(=O)O)NC(=O)c2csc([C@@H](C[C@H](C(C)C)N(C)C(=O)[C@@H](CC(=O)C(C)(C)N(C)C)[C@@H](C)CC)OC(C)=O)n2)ccc1O)N(CCC(=O)NCCC(=O)Nc1cc(C[C@@H](CC(C)C(=O)O)NC(=O)c2csc([C@@H](C[C@H](C(C)C)N(C)C(=O)[C@@H](CC(=O)C(C)(C)N(C)C)[C@@H](C)CC)OC(C)=O)n2)ccc1O)C(=O)C#C. The lowest BCUT2D eigenvalue weighted by molar-refractivity contribution is -0.157. The van der Waals surface area contributed by atoms with Crippen LogP contribution in [0.1, 0.15) is 242 Å². The van der Waals surface area contributed by atoms with Crippen LogP contribution in [0.5, 0.6) is 11.5 Å². The standard InChI is InChI=1S/C94H136N14O22S2/c1-25-55(9)65(47-77(113)93(15,16)103(19)20)89(123)105(23)71(53(5)6)49-75(129-59(13)109)87-101-69(51-131-87)85(121)97-63(41-57(11)91(125)126)43-61-29-31-73(111)67(45-61)99-81(117)33-37-95-79(115)35-39-107(83(119)27-3)108(84(120)28-4)40-36-80(116)96-38-34-82(118)100-68-46-62(30-32-74(68)112)44-64(42-58(12)92(127)128)98-86(122)70-52-132-88(102-70)76(130-60(14)110)50-72(54(7)8)106(24)90(124)66(56(10)26-2)48-78(114)94(17,18)104(21)22/h3-4,29-32,45-46,51-58,63-66,71-72,75-76,111-112H,25-26,33-44,47-50H2,1-2,5-24H3,(H,95,115)(H,96,116)(H,97,121)(H,98,122)(H,99,117)(H,100,118)(H,125,126)(H,127,128)/t55-,56-,57?,58?,63+,64+,65-,66-,71+,72+,75+,76+/m0/s1. The number of carboxylic acids is 2. The number of aromatic nitrogens is 2. The predicted octanol–water partition coefficient (Wildman–Crippen LogP) is 9.00. The summed E-state index contributed by atoms with van der Waals surface area (Å²) in [5.41, 5.74) is -1.11. The molecule has 0 radical (unpaired) electrons. The van der Waals surface area contributed by atoms with E-state index >= 15 is 0 Å². The van der Waals surface area contributed by atoms with E-state index in [1.165, 1.54) is 74.9 Å². The van der Waals surface area contributed by atoms with Gasteiger partial charge in [0.25, 0.3) is 11.8 Å². The van der Waals surface area contributed by atoms with Crippen molar-refractivity contribution in [2.45, 2.75) is 248 Å². The maximum absolute atomic E-state index is 14.5. The van der Waals surface area contributed by atoms with E-state index in [2.05, 4.69) is 41.9 Å². The van der Waals surface area contributed by atoms with Crippen LogP contribution in [0.3, 0.4) is 0 Å². The number of Topliss-reactive ketones (excluding diaryl/α,β-unsaturated/α-hetero) is 2. The van der Waals surface area contributed by atoms with E-state index in [9.17, 15) is 97.1 Å². The van der Waals surface area contributed by atoms with E-state index in [-0.39, 0.29) is 169 Å². The Hall–Kier alpha value is -11.7. The van der Waals surface area contributed by atoms with E-state index in [0.29, 0.717) is 34.0 Å². The fourth-order valence-electron chi connectivity index (χ4n) is 14.6. The van der Waals surface area contributed by atoms with Gasteiger partial charge < -0.3 is 71.6 Å². The second-order valence-electron chi connectivity index (χ2n) is 35.8. The number of terminal acetylenes is 2. The highest BCUT2D eigenvalue weighted by molar-refractivity contribution is 7.10. The number of hydrogen-bond acceptors (Lipinski definition) is 26. The molecule has 2 aromatic carbocycles. The maximum Gasteiger partial charge on any atom is 0.316 e. The van der Waals surface area contributed by atoms with Crippen molar-refractivity contribution in [3.63, 3.8) is 0 Å². The number of amides is 10. The molecule has 10 N–H and O–H groups in total. The molecule has 0 aliphatic heterocycles.